The van der Waals surface area contributed by atoms with Crippen LogP contribution in [0.15, 0.2) is 0 Å². The molecule has 10 atom stereocenters. The van der Waals surface area contributed by atoms with Crippen molar-refractivity contribution in [1.82, 2.24) is 60.5 Å². The Morgan fingerprint density at radius 2 is 0.951 bits per heavy atom. The maximum atomic E-state index is 15.6. The lowest BCUT2D eigenvalue weighted by atomic mass is 9.84. The summed E-state index contributed by atoms with van der Waals surface area (Å²) in [6, 6.07) is -12.0. The van der Waals surface area contributed by atoms with E-state index in [9.17, 15) is 29.4 Å². The van der Waals surface area contributed by atoms with Gasteiger partial charge in [0.05, 0.1) is 45.4 Å². The molecule has 4 aliphatic rings. The maximum Gasteiger partial charge on any atom is 0.248 e. The number of aliphatic hydroxyl groups excluding tert-OH is 2. The van der Waals surface area contributed by atoms with Gasteiger partial charge in [-0.1, -0.05) is 147 Å². The highest BCUT2D eigenvalue weighted by Crippen LogP contribution is 2.32. The summed E-state index contributed by atoms with van der Waals surface area (Å²) in [5, 5.41) is 33.2. The van der Waals surface area contributed by atoms with Crippen LogP contribution < -0.4 is 21.3 Å². The van der Waals surface area contributed by atoms with Gasteiger partial charge in [0.25, 0.3) is 0 Å². The number of nitrogens with zero attached hydrogens (tertiary/aromatic N) is 8. The first-order chi connectivity index (χ1) is 48.4. The Labute approximate surface area is 615 Å². The molecule has 588 valence electrons. The molecule has 0 aromatic heterocycles. The molecule has 2 heterocycles. The average molecular weight is 1460 g/mol. The summed E-state index contributed by atoms with van der Waals surface area (Å²) in [4.78, 5) is 191. The Morgan fingerprint density at radius 1 is 0.515 bits per heavy atom. The number of hydrogen-bond donors (Lipinski definition) is 6. The van der Waals surface area contributed by atoms with E-state index in [-0.39, 0.29) is 81.5 Å². The van der Waals surface area contributed by atoms with Crippen LogP contribution >= 0.6 is 0 Å². The number of piperidine rings is 1. The molecule has 6 N–H and O–H groups in total. The molecule has 4 rings (SSSR count). The number of ether oxygens (including phenoxy) is 1. The highest BCUT2D eigenvalue weighted by molar-refractivity contribution is 6.00. The van der Waals surface area contributed by atoms with E-state index >= 15 is 38.4 Å². The van der Waals surface area contributed by atoms with Gasteiger partial charge in [-0.05, 0) is 100 Å². The monoisotopic (exact) mass is 1460 g/mol. The van der Waals surface area contributed by atoms with E-state index < -0.39 is 169 Å². The minimum absolute atomic E-state index is 0.00229. The lowest BCUT2D eigenvalue weighted by molar-refractivity contribution is -0.152. The zero-order chi connectivity index (χ0) is 77.3. The fourth-order valence-corrected chi connectivity index (χ4v) is 14.5. The molecule has 0 spiro atoms. The second kappa shape index (κ2) is 42.6. The first-order valence-corrected chi connectivity index (χ1v) is 38.6. The molecular formula is C76H134N12O15. The van der Waals surface area contributed by atoms with E-state index in [0.717, 1.165) is 75.5 Å². The Kier molecular flexibility index (Phi) is 36.8. The van der Waals surface area contributed by atoms with Crippen LogP contribution in [0.3, 0.4) is 0 Å². The van der Waals surface area contributed by atoms with Crippen molar-refractivity contribution in [2.75, 3.05) is 94.8 Å². The number of hydrogen-bond acceptors (Lipinski definition) is 15. The lowest BCUT2D eigenvalue weighted by Gasteiger charge is -2.38. The fourth-order valence-electron chi connectivity index (χ4n) is 14.5. The van der Waals surface area contributed by atoms with Gasteiger partial charge in [-0.25, -0.2) is 0 Å². The zero-order valence-electron chi connectivity index (χ0n) is 66.0. The van der Waals surface area contributed by atoms with E-state index in [2.05, 4.69) is 21.3 Å². The predicted octanol–water partition coefficient (Wildman–Crippen LogP) is 4.71. The quantitative estimate of drug-likeness (QED) is 0.0906. The van der Waals surface area contributed by atoms with Crippen LogP contribution in [-0.4, -0.2) is 276 Å². The van der Waals surface area contributed by atoms with Crippen molar-refractivity contribution >= 4 is 70.9 Å². The van der Waals surface area contributed by atoms with Crippen LogP contribution in [0.1, 0.15) is 218 Å². The van der Waals surface area contributed by atoms with Gasteiger partial charge in [0.2, 0.25) is 70.9 Å². The van der Waals surface area contributed by atoms with Crippen LogP contribution in [0.2, 0.25) is 0 Å². The first-order valence-electron chi connectivity index (χ1n) is 38.6. The lowest BCUT2D eigenvalue weighted by Crippen LogP contribution is -2.62. The summed E-state index contributed by atoms with van der Waals surface area (Å²) < 4.78 is 6.14. The van der Waals surface area contributed by atoms with Crippen LogP contribution in [0.4, 0.5) is 0 Å². The predicted molar refractivity (Wildman–Crippen MR) is 394 cm³/mol. The minimum Gasteiger partial charge on any atom is -0.396 e. The molecule has 0 radical (unpaired) electrons. The number of carbonyl (C=O) groups is 12. The first kappa shape index (κ1) is 88.9. The molecule has 2 saturated heterocycles. The van der Waals surface area contributed by atoms with Crippen molar-refractivity contribution in [3.63, 3.8) is 0 Å². The Hall–Kier alpha value is -6.48. The summed E-state index contributed by atoms with van der Waals surface area (Å²) >= 11 is 0. The van der Waals surface area contributed by atoms with Crippen LogP contribution in [-0.2, 0) is 62.3 Å². The number of likely N-dealkylation sites (N-methyl/N-ethyl adjacent to an activating group) is 6. The van der Waals surface area contributed by atoms with Crippen molar-refractivity contribution in [1.29, 1.82) is 0 Å². The standard InChI is InChI=1S/C76H134N12O15/c1-19-20-34-88-44-64(93)83(15)61(41-54-32-26-22-27-33-54)73(100)85(17)58(38-49(4)5)68(95)78-56(45-103-47-76(11,12)46-89)71(98)84(16)57(37-48(2)3)67(94)77-55(72(99)87-35-28-23-29-36-87)42-62(91)81(13)43-63(92)82(14)60(40-53-30-24-21-25-31-53)70(97)79-65(51(8)9)74(101)86(18)59(39-50(6)7)69(96)80-66(52(10)90)75(88)102/h48-61,65-66,89-90H,19-47H2,1-18H3,(H,77,94)(H,78,95)(H,79,97)(H,80,96)/t52-,55+,56+,57+,58+,59+,60+,61+,65+,66+/m1/s1. The third kappa shape index (κ3) is 27.1. The van der Waals surface area contributed by atoms with E-state index in [4.69, 9.17) is 4.74 Å². The molecule has 0 bridgehead atoms. The molecule has 27 heteroatoms. The van der Waals surface area contributed by atoms with Crippen molar-refractivity contribution < 1.29 is 72.5 Å². The van der Waals surface area contributed by atoms with Gasteiger partial charge in [-0.15, -0.1) is 0 Å². The van der Waals surface area contributed by atoms with Crippen molar-refractivity contribution in [3.05, 3.63) is 0 Å². The SMILES string of the molecule is CCCCN1CC(=O)N(C)[C@@H](CC2CCCCC2)C(=O)N(C)[C@@H](CC(C)C)C(=O)N[C@@H](COCC(C)(C)CO)C(=O)N(C)[C@@H](CC(C)C)C(=O)N[C@H](C(=O)N2CCCCC2)CC(=O)N(C)CC(=O)N(C)[C@@H](CC2CCCCC2)C(=O)N[C@@H](C(C)C)C(=O)N(C)[C@@H](CC(C)C)C(=O)N[C@@H]([C@@H](C)O)C1=O. The van der Waals surface area contributed by atoms with Crippen molar-refractivity contribution in [3.8, 4) is 0 Å². The molecule has 2 saturated carbocycles. The average Bonchev–Trinajstić information content (AvgIpc) is 0.813. The van der Waals surface area contributed by atoms with Gasteiger partial charge in [0.15, 0.2) is 0 Å². The molecule has 2 aliphatic carbocycles. The molecular weight excluding hydrogens is 1320 g/mol. The van der Waals surface area contributed by atoms with Crippen LogP contribution in [0.25, 0.3) is 0 Å². The van der Waals surface area contributed by atoms with Gasteiger partial charge < -0.3 is 75.4 Å². The molecule has 27 nitrogen and oxygen atoms in total. The summed E-state index contributed by atoms with van der Waals surface area (Å²) in [7, 11) is 8.64. The highest BCUT2D eigenvalue weighted by atomic mass is 16.5. The molecule has 4 fully saturated rings. The number of likely N-dealkylation sites (tertiary alicyclic amines) is 1. The van der Waals surface area contributed by atoms with Gasteiger partial charge >= 0.3 is 0 Å². The number of unbranched alkanes of at least 4 members (excludes halogenated alkanes) is 1. The van der Waals surface area contributed by atoms with Gasteiger partial charge in [0.1, 0.15) is 54.4 Å². The number of aliphatic hydroxyl groups is 2. The topological polar surface area (TPSA) is 329 Å². The van der Waals surface area contributed by atoms with E-state index in [1.807, 2.05) is 48.5 Å². The largest absolute Gasteiger partial charge is 0.396 e. The summed E-state index contributed by atoms with van der Waals surface area (Å²) in [5.41, 5.74) is -0.791. The number of rotatable bonds is 21. The van der Waals surface area contributed by atoms with Crippen LogP contribution in [0.5, 0.6) is 0 Å². The normalized spacial score (nSPS) is 26.4. The molecule has 12 amide bonds. The molecule has 103 heavy (non-hydrogen) atoms. The Bertz CT molecular complexity index is 2800. The fraction of sp³-hybridized carbons (Fsp3) is 0.842. The van der Waals surface area contributed by atoms with Gasteiger partial charge in [-0.3, -0.25) is 57.5 Å². The smallest absolute Gasteiger partial charge is 0.248 e. The summed E-state index contributed by atoms with van der Waals surface area (Å²) in [6.07, 6.45) is 10.5. The number of nitrogens with one attached hydrogen (secondary N) is 4. The second-order valence-electron chi connectivity index (χ2n) is 32.7. The summed E-state index contributed by atoms with van der Waals surface area (Å²) in [5.74, 6) is -9.43. The Morgan fingerprint density at radius 3 is 1.44 bits per heavy atom. The van der Waals surface area contributed by atoms with Crippen molar-refractivity contribution in [2.24, 2.45) is 40.9 Å². The van der Waals surface area contributed by atoms with Crippen molar-refractivity contribution in [2.45, 2.75) is 278 Å². The highest BCUT2D eigenvalue weighted by Gasteiger charge is 2.44. The zero-order valence-corrected chi connectivity index (χ0v) is 66.0. The second-order valence-corrected chi connectivity index (χ2v) is 32.7. The number of carbonyl (C=O) groups excluding carboxylic acids is 12. The summed E-state index contributed by atoms with van der Waals surface area (Å²) in [6.45, 7) is 20.2. The molecule has 0 aromatic rings. The van der Waals surface area contributed by atoms with E-state index in [1.54, 1.807) is 32.6 Å². The van der Waals surface area contributed by atoms with Crippen LogP contribution in [0, 0.1) is 40.9 Å². The van der Waals surface area contributed by atoms with E-state index in [0.29, 0.717) is 38.8 Å². The third-order valence-electron chi connectivity index (χ3n) is 21.3. The third-order valence-corrected chi connectivity index (χ3v) is 21.3. The Balaban J connectivity index is 1.98. The van der Waals surface area contributed by atoms with Gasteiger partial charge in [-0.2, -0.15) is 0 Å². The van der Waals surface area contributed by atoms with Gasteiger partial charge in [0, 0.05) is 67.3 Å². The minimum atomic E-state index is -1.63. The number of amides is 12. The maximum absolute atomic E-state index is 15.6. The van der Waals surface area contributed by atoms with E-state index in [1.165, 1.54) is 78.6 Å². The molecule has 0 aromatic carbocycles. The molecule has 0 unspecified atom stereocenters. The molecule has 2 aliphatic heterocycles.